The lowest BCUT2D eigenvalue weighted by molar-refractivity contribution is 0.208. The number of hydrogen-bond donors (Lipinski definition) is 1. The third kappa shape index (κ3) is 5.18. The summed E-state index contributed by atoms with van der Waals surface area (Å²) < 4.78 is 0. The van der Waals surface area contributed by atoms with E-state index in [1.54, 1.807) is 6.20 Å². The second kappa shape index (κ2) is 7.28. The molecule has 0 fully saturated rings. The number of hydrogen-bond acceptors (Lipinski definition) is 3. The van der Waals surface area contributed by atoms with Gasteiger partial charge in [0.1, 0.15) is 5.82 Å². The Morgan fingerprint density at radius 2 is 2.12 bits per heavy atom. The second-order valence-corrected chi connectivity index (χ2v) is 4.86. The van der Waals surface area contributed by atoms with Gasteiger partial charge in [-0.1, -0.05) is 19.8 Å². The monoisotopic (exact) mass is 235 g/mol. The summed E-state index contributed by atoms with van der Waals surface area (Å²) in [5.41, 5.74) is 6.95. The molecule has 0 spiro atoms. The summed E-state index contributed by atoms with van der Waals surface area (Å²) in [6, 6.07) is 4.59. The smallest absolute Gasteiger partial charge is 0.123 e. The van der Waals surface area contributed by atoms with Crippen LogP contribution in [0.5, 0.6) is 0 Å². The number of unbranched alkanes of at least 4 members (excludes halogenated alkanes) is 2. The zero-order chi connectivity index (χ0) is 12.7. The van der Waals surface area contributed by atoms with Gasteiger partial charge in [-0.2, -0.15) is 0 Å². The Morgan fingerprint density at radius 3 is 2.71 bits per heavy atom. The molecule has 1 aromatic rings. The quantitative estimate of drug-likeness (QED) is 0.739. The van der Waals surface area contributed by atoms with E-state index in [1.165, 1.54) is 24.8 Å². The van der Waals surface area contributed by atoms with Crippen molar-refractivity contribution in [2.75, 3.05) is 12.3 Å². The van der Waals surface area contributed by atoms with Crippen LogP contribution in [0.2, 0.25) is 0 Å². The van der Waals surface area contributed by atoms with Gasteiger partial charge in [-0.05, 0) is 44.5 Å². The molecule has 0 saturated carbocycles. The van der Waals surface area contributed by atoms with Gasteiger partial charge in [0.2, 0.25) is 0 Å². The van der Waals surface area contributed by atoms with Crippen LogP contribution in [-0.4, -0.2) is 22.5 Å². The van der Waals surface area contributed by atoms with Crippen LogP contribution in [0.3, 0.4) is 0 Å². The lowest BCUT2D eigenvalue weighted by atomic mass is 10.2. The van der Waals surface area contributed by atoms with Crippen LogP contribution in [0, 0.1) is 0 Å². The summed E-state index contributed by atoms with van der Waals surface area (Å²) in [7, 11) is 0. The van der Waals surface area contributed by atoms with Gasteiger partial charge in [-0.15, -0.1) is 0 Å². The highest BCUT2D eigenvalue weighted by atomic mass is 15.1. The molecule has 1 heterocycles. The molecule has 1 rings (SSSR count). The highest BCUT2D eigenvalue weighted by molar-refractivity contribution is 5.31. The maximum absolute atomic E-state index is 5.70. The molecule has 0 unspecified atom stereocenters. The summed E-state index contributed by atoms with van der Waals surface area (Å²) in [6.07, 6.45) is 5.64. The standard InChI is InChI=1S/C14H25N3/c1-4-5-6-9-17(12(2)3)11-13-7-8-16-14(15)10-13/h7-8,10,12H,4-6,9,11H2,1-3H3,(H2,15,16). The summed E-state index contributed by atoms with van der Waals surface area (Å²) in [5.74, 6) is 0.611. The van der Waals surface area contributed by atoms with E-state index in [1.807, 2.05) is 12.1 Å². The van der Waals surface area contributed by atoms with Gasteiger partial charge in [-0.3, -0.25) is 4.90 Å². The van der Waals surface area contributed by atoms with Crippen LogP contribution in [-0.2, 0) is 6.54 Å². The van der Waals surface area contributed by atoms with Crippen LogP contribution in [0.1, 0.15) is 45.6 Å². The number of anilines is 1. The van der Waals surface area contributed by atoms with Crippen molar-refractivity contribution in [1.29, 1.82) is 0 Å². The summed E-state index contributed by atoms with van der Waals surface area (Å²) in [5, 5.41) is 0. The van der Waals surface area contributed by atoms with E-state index in [9.17, 15) is 0 Å². The molecule has 0 aliphatic heterocycles. The average molecular weight is 235 g/mol. The predicted octanol–water partition coefficient (Wildman–Crippen LogP) is 3.06. The van der Waals surface area contributed by atoms with E-state index < -0.39 is 0 Å². The summed E-state index contributed by atoms with van der Waals surface area (Å²) >= 11 is 0. The highest BCUT2D eigenvalue weighted by Crippen LogP contribution is 2.11. The van der Waals surface area contributed by atoms with Crippen LogP contribution in [0.15, 0.2) is 18.3 Å². The molecule has 0 bridgehead atoms. The zero-order valence-corrected chi connectivity index (χ0v) is 11.3. The number of nitrogens with zero attached hydrogens (tertiary/aromatic N) is 2. The minimum Gasteiger partial charge on any atom is -0.384 e. The average Bonchev–Trinajstić information content (AvgIpc) is 2.28. The molecule has 2 N–H and O–H groups in total. The van der Waals surface area contributed by atoms with Gasteiger partial charge in [-0.25, -0.2) is 4.98 Å². The minimum atomic E-state index is 0.571. The summed E-state index contributed by atoms with van der Waals surface area (Å²) in [4.78, 5) is 6.52. The second-order valence-electron chi connectivity index (χ2n) is 4.86. The Labute approximate surface area is 105 Å². The number of pyridine rings is 1. The van der Waals surface area contributed by atoms with Gasteiger partial charge in [0.05, 0.1) is 0 Å². The molecule has 0 amide bonds. The van der Waals surface area contributed by atoms with Crippen molar-refractivity contribution in [3.05, 3.63) is 23.9 Å². The van der Waals surface area contributed by atoms with E-state index in [-0.39, 0.29) is 0 Å². The van der Waals surface area contributed by atoms with Gasteiger partial charge in [0.15, 0.2) is 0 Å². The Bertz CT molecular complexity index is 323. The summed E-state index contributed by atoms with van der Waals surface area (Å²) in [6.45, 7) is 8.86. The van der Waals surface area contributed by atoms with Crippen molar-refractivity contribution < 1.29 is 0 Å². The number of rotatable bonds is 7. The van der Waals surface area contributed by atoms with Crippen molar-refractivity contribution in [2.24, 2.45) is 0 Å². The third-order valence-electron chi connectivity index (χ3n) is 3.01. The van der Waals surface area contributed by atoms with Crippen LogP contribution < -0.4 is 5.73 Å². The van der Waals surface area contributed by atoms with E-state index in [2.05, 4.69) is 30.7 Å². The van der Waals surface area contributed by atoms with E-state index >= 15 is 0 Å². The maximum Gasteiger partial charge on any atom is 0.123 e. The molecule has 0 saturated heterocycles. The van der Waals surface area contributed by atoms with Gasteiger partial charge >= 0.3 is 0 Å². The van der Waals surface area contributed by atoms with Gasteiger partial charge in [0, 0.05) is 18.8 Å². The van der Waals surface area contributed by atoms with E-state index in [4.69, 9.17) is 5.73 Å². The lowest BCUT2D eigenvalue weighted by Crippen LogP contribution is -2.31. The fourth-order valence-electron chi connectivity index (χ4n) is 1.91. The zero-order valence-electron chi connectivity index (χ0n) is 11.3. The molecule has 0 aliphatic rings. The highest BCUT2D eigenvalue weighted by Gasteiger charge is 2.09. The fourth-order valence-corrected chi connectivity index (χ4v) is 1.91. The molecule has 17 heavy (non-hydrogen) atoms. The largest absolute Gasteiger partial charge is 0.384 e. The van der Waals surface area contributed by atoms with Gasteiger partial charge < -0.3 is 5.73 Å². The molecular formula is C14H25N3. The van der Waals surface area contributed by atoms with Crippen LogP contribution >= 0.6 is 0 Å². The molecule has 1 aromatic heterocycles. The van der Waals surface area contributed by atoms with E-state index in [0.717, 1.165) is 13.1 Å². The Morgan fingerprint density at radius 1 is 1.35 bits per heavy atom. The first-order chi connectivity index (χ1) is 8.13. The Balaban J connectivity index is 2.54. The van der Waals surface area contributed by atoms with Gasteiger partial charge in [0.25, 0.3) is 0 Å². The Kier molecular flexibility index (Phi) is 5.98. The SMILES string of the molecule is CCCCCN(Cc1ccnc(N)c1)C(C)C. The van der Waals surface area contributed by atoms with Crippen molar-refractivity contribution in [3.8, 4) is 0 Å². The molecule has 3 nitrogen and oxygen atoms in total. The first kappa shape index (κ1) is 14.0. The molecule has 96 valence electrons. The fraction of sp³-hybridized carbons (Fsp3) is 0.643. The molecule has 0 aliphatic carbocycles. The first-order valence-corrected chi connectivity index (χ1v) is 6.58. The van der Waals surface area contributed by atoms with Crippen molar-refractivity contribution in [1.82, 2.24) is 9.88 Å². The third-order valence-corrected chi connectivity index (χ3v) is 3.01. The number of aromatic nitrogens is 1. The topological polar surface area (TPSA) is 42.2 Å². The molecule has 0 aromatic carbocycles. The van der Waals surface area contributed by atoms with Crippen LogP contribution in [0.25, 0.3) is 0 Å². The number of nitrogens with two attached hydrogens (primary N) is 1. The number of nitrogen functional groups attached to an aromatic ring is 1. The van der Waals surface area contributed by atoms with Crippen molar-refractivity contribution in [3.63, 3.8) is 0 Å². The predicted molar refractivity (Wildman–Crippen MR) is 73.7 cm³/mol. The first-order valence-electron chi connectivity index (χ1n) is 6.58. The van der Waals surface area contributed by atoms with Crippen molar-refractivity contribution in [2.45, 2.75) is 52.6 Å². The molecule has 0 atom stereocenters. The molecular weight excluding hydrogens is 210 g/mol. The maximum atomic E-state index is 5.70. The van der Waals surface area contributed by atoms with E-state index in [0.29, 0.717) is 11.9 Å². The minimum absolute atomic E-state index is 0.571. The molecule has 0 radical (unpaired) electrons. The Hall–Kier alpha value is -1.09. The molecule has 3 heteroatoms. The lowest BCUT2D eigenvalue weighted by Gasteiger charge is -2.26. The van der Waals surface area contributed by atoms with Crippen molar-refractivity contribution >= 4 is 5.82 Å². The van der Waals surface area contributed by atoms with Crippen LogP contribution in [0.4, 0.5) is 5.82 Å². The normalized spacial score (nSPS) is 11.4.